The predicted molar refractivity (Wildman–Crippen MR) is 152 cm³/mol. The molecule has 1 unspecified atom stereocenters. The molecule has 0 saturated carbocycles. The average Bonchev–Trinajstić information content (AvgIpc) is 3.28. The van der Waals surface area contributed by atoms with Crippen LogP contribution in [0.2, 0.25) is 0 Å². The average molecular weight is 541 g/mol. The molecule has 4 aliphatic heterocycles. The number of pyridine rings is 1. The van der Waals surface area contributed by atoms with Crippen molar-refractivity contribution in [3.63, 3.8) is 0 Å². The molecule has 0 radical (unpaired) electrons. The third-order valence-corrected chi connectivity index (χ3v) is 8.15. The number of benzene rings is 1. The van der Waals surface area contributed by atoms with Crippen LogP contribution in [-0.2, 0) is 16.0 Å². The van der Waals surface area contributed by atoms with Gasteiger partial charge in [-0.25, -0.2) is 4.98 Å². The maximum absolute atomic E-state index is 13.2. The number of piperidine rings is 1. The molecule has 206 valence electrons. The molecule has 2 fully saturated rings. The van der Waals surface area contributed by atoms with E-state index in [9.17, 15) is 9.59 Å². The number of carbonyl (C=O) groups excluding carboxylic acids is 2. The van der Waals surface area contributed by atoms with E-state index in [1.54, 1.807) is 30.7 Å². The fourth-order valence-corrected chi connectivity index (χ4v) is 5.73. The molecule has 0 aliphatic carbocycles. The van der Waals surface area contributed by atoms with Gasteiger partial charge in [0.15, 0.2) is 0 Å². The highest BCUT2D eigenvalue weighted by atomic mass is 16.5. The number of quaternary nitrogens is 1. The van der Waals surface area contributed by atoms with E-state index in [1.165, 1.54) is 0 Å². The van der Waals surface area contributed by atoms with Crippen LogP contribution in [0, 0.1) is 11.3 Å². The minimum Gasteiger partial charge on any atom is -0.379 e. The Labute approximate surface area is 233 Å². The van der Waals surface area contributed by atoms with Crippen molar-refractivity contribution in [2.75, 3.05) is 31.6 Å². The Morgan fingerprint density at radius 2 is 2.02 bits per heavy atom. The number of amidine groups is 1. The van der Waals surface area contributed by atoms with Gasteiger partial charge in [-0.05, 0) is 68.1 Å². The van der Waals surface area contributed by atoms with Crippen molar-refractivity contribution in [3.05, 3.63) is 83.1 Å². The van der Waals surface area contributed by atoms with Gasteiger partial charge in [-0.2, -0.15) is 10.8 Å². The van der Waals surface area contributed by atoms with Crippen LogP contribution in [0.25, 0.3) is 0 Å². The van der Waals surface area contributed by atoms with Gasteiger partial charge in [0.2, 0.25) is 11.6 Å². The molecule has 1 aromatic carbocycles. The molecule has 40 heavy (non-hydrogen) atoms. The molecular formula is C30H34N7O3+. The lowest BCUT2D eigenvalue weighted by molar-refractivity contribution is -0.750. The topological polar surface area (TPSA) is 122 Å². The molecule has 0 bridgehead atoms. The maximum Gasteiger partial charge on any atom is 0.264 e. The summed E-state index contributed by atoms with van der Waals surface area (Å²) in [6, 6.07) is 11.1. The van der Waals surface area contributed by atoms with Crippen LogP contribution in [0.15, 0.2) is 76.4 Å². The Kier molecular flexibility index (Phi) is 6.69. The lowest BCUT2D eigenvalue weighted by atomic mass is 9.85. The molecule has 10 nitrogen and oxygen atoms in total. The first-order valence-electron chi connectivity index (χ1n) is 13.8. The zero-order chi connectivity index (χ0) is 27.9. The highest BCUT2D eigenvalue weighted by Crippen LogP contribution is 2.39. The van der Waals surface area contributed by atoms with E-state index in [2.05, 4.69) is 22.2 Å². The minimum atomic E-state index is -0.435. The van der Waals surface area contributed by atoms with Crippen molar-refractivity contribution in [3.8, 4) is 0 Å². The Morgan fingerprint density at radius 3 is 2.75 bits per heavy atom. The zero-order valence-corrected chi connectivity index (χ0v) is 22.8. The second-order valence-electron chi connectivity index (χ2n) is 11.1. The predicted octanol–water partition coefficient (Wildman–Crippen LogP) is 3.39. The highest BCUT2D eigenvalue weighted by molar-refractivity contribution is 6.05. The van der Waals surface area contributed by atoms with Crippen molar-refractivity contribution >= 4 is 29.7 Å². The number of aryl methyl sites for hydroxylation is 1. The third-order valence-electron chi connectivity index (χ3n) is 8.15. The summed E-state index contributed by atoms with van der Waals surface area (Å²) in [5, 5.41) is 2.87. The number of aliphatic imine (C=N–C) groups is 2. The summed E-state index contributed by atoms with van der Waals surface area (Å²) in [6.45, 7) is 6.30. The molecule has 5 heterocycles. The number of likely N-dealkylation sites (tertiary alicyclic amines) is 1. The number of rotatable bonds is 6. The minimum absolute atomic E-state index is 0.0465. The lowest BCUT2D eigenvalue weighted by Gasteiger charge is -2.42. The number of nitrogens with one attached hydrogen (secondary N) is 1. The first kappa shape index (κ1) is 26.2. The number of allylic oxidation sites excluding steroid dienone is 1. The van der Waals surface area contributed by atoms with E-state index in [0.717, 1.165) is 48.3 Å². The van der Waals surface area contributed by atoms with Crippen LogP contribution in [0.1, 0.15) is 48.2 Å². The fourth-order valence-electron chi connectivity index (χ4n) is 5.73. The van der Waals surface area contributed by atoms with E-state index in [4.69, 9.17) is 15.6 Å². The number of carbonyl (C=O) groups is 2. The van der Waals surface area contributed by atoms with Crippen LogP contribution in [0.5, 0.6) is 0 Å². The van der Waals surface area contributed by atoms with Gasteiger partial charge in [0.05, 0.1) is 36.6 Å². The van der Waals surface area contributed by atoms with Gasteiger partial charge < -0.3 is 15.0 Å². The molecule has 6 rings (SSSR count). The van der Waals surface area contributed by atoms with Crippen LogP contribution in [-0.4, -0.2) is 64.6 Å². The number of nitrogens with zero attached hydrogens (tertiary/aromatic N) is 5. The van der Waals surface area contributed by atoms with Gasteiger partial charge in [0.1, 0.15) is 17.7 Å². The zero-order valence-electron chi connectivity index (χ0n) is 22.8. The van der Waals surface area contributed by atoms with Crippen LogP contribution in [0.3, 0.4) is 0 Å². The summed E-state index contributed by atoms with van der Waals surface area (Å²) in [6.07, 6.45) is 9.63. The highest BCUT2D eigenvalue weighted by Gasteiger charge is 2.48. The van der Waals surface area contributed by atoms with Crippen LogP contribution in [0.4, 0.5) is 5.82 Å². The maximum atomic E-state index is 13.2. The van der Waals surface area contributed by atoms with Crippen molar-refractivity contribution in [1.29, 1.82) is 0 Å². The quantitative estimate of drug-likeness (QED) is 0.430. The SMILES string of the molecule is CCc1ccnc(NC(=O)c2ccc(C3=NC([C@@H]4CCCN(C(=O)C5(C)COC5)C4)=C4C=NC=C[N+]34N)cc2)c1. The lowest BCUT2D eigenvalue weighted by Crippen LogP contribution is -2.55. The first-order valence-corrected chi connectivity index (χ1v) is 13.8. The third kappa shape index (κ3) is 4.57. The molecule has 4 aliphatic rings. The number of hydrogen-bond acceptors (Lipinski definition) is 7. The number of aromatic nitrogens is 1. The normalized spacial score (nSPS) is 24.8. The number of ether oxygens (including phenoxy) is 1. The van der Waals surface area contributed by atoms with E-state index >= 15 is 0 Å². The molecular weight excluding hydrogens is 506 g/mol. The summed E-state index contributed by atoms with van der Waals surface area (Å²) in [7, 11) is 0. The molecule has 10 heteroatoms. The van der Waals surface area contributed by atoms with Crippen molar-refractivity contribution in [2.45, 2.75) is 33.1 Å². The number of anilines is 1. The van der Waals surface area contributed by atoms with E-state index in [1.807, 2.05) is 42.3 Å². The molecule has 2 amide bonds. The van der Waals surface area contributed by atoms with Gasteiger partial charge in [-0.3, -0.25) is 14.6 Å². The second kappa shape index (κ2) is 10.2. The van der Waals surface area contributed by atoms with Gasteiger partial charge in [-0.15, -0.1) is 4.59 Å². The van der Waals surface area contributed by atoms with Crippen LogP contribution < -0.4 is 11.2 Å². The standard InChI is InChI=1S/C30H33N7O3/c1-3-20-10-11-33-25(15-20)34-28(38)22-8-6-21(7-9-22)27-35-26(24-16-32-12-14-37(24,27)31)23-5-4-13-36(17-23)29(39)30(2)18-40-19-30/h6-12,14-16,23H,3-5,13,17-19,31H2,1-2H3/p+1/t23-,37?/m1/s1. The molecule has 0 spiro atoms. The summed E-state index contributed by atoms with van der Waals surface area (Å²) in [5.74, 6) is 8.08. The van der Waals surface area contributed by atoms with E-state index in [0.29, 0.717) is 37.0 Å². The van der Waals surface area contributed by atoms with Gasteiger partial charge in [-0.1, -0.05) is 6.92 Å². The first-order chi connectivity index (χ1) is 19.3. The van der Waals surface area contributed by atoms with Crippen LogP contribution >= 0.6 is 0 Å². The van der Waals surface area contributed by atoms with E-state index in [-0.39, 0.29) is 22.3 Å². The monoisotopic (exact) mass is 540 g/mol. The summed E-state index contributed by atoms with van der Waals surface area (Å²) in [4.78, 5) is 41.8. The smallest absolute Gasteiger partial charge is 0.264 e. The number of hydrogen-bond donors (Lipinski definition) is 2. The number of fused-ring (bicyclic) bond motifs is 1. The molecule has 2 atom stereocenters. The Balaban J connectivity index is 1.24. The summed E-state index contributed by atoms with van der Waals surface area (Å²) in [5.41, 5.74) is 3.65. The number of nitrogens with two attached hydrogens (primary N) is 1. The van der Waals surface area contributed by atoms with Gasteiger partial charge >= 0.3 is 0 Å². The van der Waals surface area contributed by atoms with Crippen molar-refractivity contribution in [1.82, 2.24) is 9.88 Å². The second-order valence-corrected chi connectivity index (χ2v) is 11.1. The van der Waals surface area contributed by atoms with Crippen molar-refractivity contribution < 1.29 is 18.9 Å². The summed E-state index contributed by atoms with van der Waals surface area (Å²) < 4.78 is 5.23. The van der Waals surface area contributed by atoms with Gasteiger partial charge in [0, 0.05) is 30.8 Å². The molecule has 1 aromatic heterocycles. The fraction of sp³-hybridized carbons (Fsp3) is 0.367. The molecule has 3 N–H and O–H groups in total. The Morgan fingerprint density at radius 1 is 1.23 bits per heavy atom. The largest absolute Gasteiger partial charge is 0.379 e. The van der Waals surface area contributed by atoms with E-state index < -0.39 is 5.41 Å². The molecule has 2 saturated heterocycles. The van der Waals surface area contributed by atoms with Crippen molar-refractivity contribution in [2.24, 2.45) is 27.2 Å². The van der Waals surface area contributed by atoms with Gasteiger partial charge in [0.25, 0.3) is 11.7 Å². The Hall–Kier alpha value is -3.99. The Bertz CT molecular complexity index is 1470. The molecule has 2 aromatic rings. The number of amides is 2. The summed E-state index contributed by atoms with van der Waals surface area (Å²) >= 11 is 0.